The second kappa shape index (κ2) is 5.20. The Morgan fingerprint density at radius 1 is 0.815 bits per heavy atom. The molecule has 0 bridgehead atoms. The molecule has 0 saturated heterocycles. The van der Waals surface area contributed by atoms with Gasteiger partial charge >= 0.3 is 0 Å². The highest BCUT2D eigenvalue weighted by molar-refractivity contribution is 6.27. The summed E-state index contributed by atoms with van der Waals surface area (Å²) < 4.78 is 2.46. The summed E-state index contributed by atoms with van der Waals surface area (Å²) in [5, 5.41) is 6.50. The molecule has 0 N–H and O–H groups in total. The Hall–Kier alpha value is -3.13. The number of aromatic nitrogens is 2. The first-order valence-electron chi connectivity index (χ1n) is 9.67. The van der Waals surface area contributed by atoms with E-state index in [1.165, 1.54) is 49.0 Å². The summed E-state index contributed by atoms with van der Waals surface area (Å²) in [7, 11) is 0. The van der Waals surface area contributed by atoms with E-state index in [0.29, 0.717) is 5.92 Å². The van der Waals surface area contributed by atoms with Crippen molar-refractivity contribution >= 4 is 49.0 Å². The van der Waals surface area contributed by atoms with E-state index in [0.717, 1.165) is 11.9 Å². The van der Waals surface area contributed by atoms with Crippen LogP contribution < -0.4 is 0 Å². The molecule has 3 aromatic heterocycles. The van der Waals surface area contributed by atoms with E-state index in [2.05, 4.69) is 78.9 Å². The highest BCUT2D eigenvalue weighted by Gasteiger charge is 2.19. The van der Waals surface area contributed by atoms with E-state index in [1.54, 1.807) is 0 Å². The van der Waals surface area contributed by atoms with Crippen LogP contribution in [0.25, 0.3) is 49.0 Å². The SMILES string of the molecule is CC(C)Cc1cccc2c1c1ccc3ccnc4c5ccccc5n2c1c34. The van der Waals surface area contributed by atoms with Gasteiger partial charge in [0.25, 0.3) is 0 Å². The van der Waals surface area contributed by atoms with Crippen LogP contribution in [0.3, 0.4) is 0 Å². The van der Waals surface area contributed by atoms with Gasteiger partial charge in [0.05, 0.1) is 22.1 Å². The third kappa shape index (κ3) is 1.88. The molecule has 6 aromatic rings. The summed E-state index contributed by atoms with van der Waals surface area (Å²) in [6.07, 6.45) is 3.03. The van der Waals surface area contributed by atoms with E-state index in [-0.39, 0.29) is 0 Å². The molecular weight excluding hydrogens is 328 g/mol. The Balaban J connectivity index is 2.00. The van der Waals surface area contributed by atoms with E-state index >= 15 is 0 Å². The lowest BCUT2D eigenvalue weighted by Gasteiger charge is -2.11. The summed E-state index contributed by atoms with van der Waals surface area (Å²) >= 11 is 0. The number of rotatable bonds is 2. The highest BCUT2D eigenvalue weighted by atomic mass is 14.9. The second-order valence-electron chi connectivity index (χ2n) is 7.98. The number of nitrogens with zero attached hydrogens (tertiary/aromatic N) is 2. The standard InChI is InChI=1S/C25H20N2/c1-15(2)14-17-6-5-9-21-22(17)19-11-10-16-12-13-26-24-18-7-3-4-8-20(18)27(21)25(19)23(16)24/h3-13,15H,14H2,1-2H3. The molecule has 2 nitrogen and oxygen atoms in total. The van der Waals surface area contributed by atoms with E-state index < -0.39 is 0 Å². The minimum Gasteiger partial charge on any atom is -0.308 e. The monoisotopic (exact) mass is 348 g/mol. The summed E-state index contributed by atoms with van der Waals surface area (Å²) in [5.74, 6) is 0.629. The van der Waals surface area contributed by atoms with Crippen LogP contribution in [0.1, 0.15) is 19.4 Å². The van der Waals surface area contributed by atoms with Gasteiger partial charge in [0.15, 0.2) is 0 Å². The van der Waals surface area contributed by atoms with Gasteiger partial charge in [0.2, 0.25) is 0 Å². The van der Waals surface area contributed by atoms with Crippen molar-refractivity contribution in [1.82, 2.24) is 9.38 Å². The molecule has 0 aliphatic carbocycles. The number of hydrogen-bond donors (Lipinski definition) is 0. The van der Waals surface area contributed by atoms with Crippen molar-refractivity contribution < 1.29 is 0 Å². The number of benzene rings is 3. The van der Waals surface area contributed by atoms with Crippen molar-refractivity contribution in [3.05, 3.63) is 72.4 Å². The predicted molar refractivity (Wildman–Crippen MR) is 115 cm³/mol. The molecule has 0 fully saturated rings. The van der Waals surface area contributed by atoms with Gasteiger partial charge < -0.3 is 4.40 Å². The molecule has 2 heteroatoms. The molecule has 0 spiro atoms. The molecule has 27 heavy (non-hydrogen) atoms. The predicted octanol–water partition coefficient (Wildman–Crippen LogP) is 6.58. The van der Waals surface area contributed by atoms with Crippen LogP contribution in [0.15, 0.2) is 66.9 Å². The zero-order valence-electron chi connectivity index (χ0n) is 15.5. The summed E-state index contributed by atoms with van der Waals surface area (Å²) in [6, 6.07) is 22.1. The first-order chi connectivity index (χ1) is 13.2. The van der Waals surface area contributed by atoms with Gasteiger partial charge in [0, 0.05) is 27.7 Å². The summed E-state index contributed by atoms with van der Waals surface area (Å²) in [4.78, 5) is 4.79. The van der Waals surface area contributed by atoms with Crippen molar-refractivity contribution in [2.45, 2.75) is 20.3 Å². The fourth-order valence-electron chi connectivity index (χ4n) is 4.82. The normalized spacial score (nSPS) is 12.6. The van der Waals surface area contributed by atoms with Crippen molar-refractivity contribution in [3.8, 4) is 0 Å². The average molecular weight is 348 g/mol. The number of pyridine rings is 2. The molecule has 0 aliphatic rings. The van der Waals surface area contributed by atoms with Crippen molar-refractivity contribution in [2.75, 3.05) is 0 Å². The Morgan fingerprint density at radius 2 is 1.67 bits per heavy atom. The summed E-state index contributed by atoms with van der Waals surface area (Å²) in [5.41, 5.74) is 6.39. The first kappa shape index (κ1) is 15.0. The number of fused-ring (bicyclic) bond motifs is 6. The van der Waals surface area contributed by atoms with Crippen LogP contribution in [-0.4, -0.2) is 9.38 Å². The highest BCUT2D eigenvalue weighted by Crippen LogP contribution is 2.41. The van der Waals surface area contributed by atoms with Crippen molar-refractivity contribution in [2.24, 2.45) is 5.92 Å². The minimum atomic E-state index is 0.629. The van der Waals surface area contributed by atoms with Crippen LogP contribution in [-0.2, 0) is 6.42 Å². The third-order valence-corrected chi connectivity index (χ3v) is 5.80. The van der Waals surface area contributed by atoms with Crippen LogP contribution in [0.4, 0.5) is 0 Å². The van der Waals surface area contributed by atoms with Crippen LogP contribution in [0, 0.1) is 5.92 Å². The van der Waals surface area contributed by atoms with E-state index in [9.17, 15) is 0 Å². The Kier molecular flexibility index (Phi) is 2.88. The van der Waals surface area contributed by atoms with Gasteiger partial charge in [-0.2, -0.15) is 0 Å². The molecule has 3 heterocycles. The molecular formula is C25H20N2. The molecule has 0 saturated carbocycles. The fraction of sp³-hybridized carbons (Fsp3) is 0.160. The molecule has 0 amide bonds. The number of para-hydroxylation sites is 1. The maximum atomic E-state index is 4.79. The van der Waals surface area contributed by atoms with Gasteiger partial charge in [-0.15, -0.1) is 0 Å². The van der Waals surface area contributed by atoms with Crippen LogP contribution in [0.5, 0.6) is 0 Å². The van der Waals surface area contributed by atoms with E-state index in [4.69, 9.17) is 4.98 Å². The maximum Gasteiger partial charge on any atom is 0.0822 e. The Labute approximate surface area is 157 Å². The largest absolute Gasteiger partial charge is 0.308 e. The lowest BCUT2D eigenvalue weighted by molar-refractivity contribution is 0.650. The Morgan fingerprint density at radius 3 is 2.56 bits per heavy atom. The van der Waals surface area contributed by atoms with Crippen molar-refractivity contribution in [1.29, 1.82) is 0 Å². The third-order valence-electron chi connectivity index (χ3n) is 5.80. The lowest BCUT2D eigenvalue weighted by Crippen LogP contribution is -1.95. The van der Waals surface area contributed by atoms with Crippen LogP contribution >= 0.6 is 0 Å². The molecule has 0 aliphatic heterocycles. The lowest BCUT2D eigenvalue weighted by atomic mass is 9.97. The van der Waals surface area contributed by atoms with Gasteiger partial charge in [-0.25, -0.2) is 0 Å². The Bertz CT molecular complexity index is 1460. The van der Waals surface area contributed by atoms with E-state index in [1.807, 2.05) is 6.20 Å². The van der Waals surface area contributed by atoms with Crippen LogP contribution in [0.2, 0.25) is 0 Å². The van der Waals surface area contributed by atoms with Gasteiger partial charge in [-0.05, 0) is 41.5 Å². The molecule has 130 valence electrons. The zero-order valence-corrected chi connectivity index (χ0v) is 15.5. The maximum absolute atomic E-state index is 4.79. The zero-order chi connectivity index (χ0) is 18.1. The second-order valence-corrected chi connectivity index (χ2v) is 7.98. The van der Waals surface area contributed by atoms with Gasteiger partial charge in [0.1, 0.15) is 0 Å². The number of hydrogen-bond acceptors (Lipinski definition) is 1. The average Bonchev–Trinajstić information content (AvgIpc) is 3.03. The minimum absolute atomic E-state index is 0.629. The van der Waals surface area contributed by atoms with Gasteiger partial charge in [-0.3, -0.25) is 4.98 Å². The topological polar surface area (TPSA) is 17.3 Å². The quantitative estimate of drug-likeness (QED) is 0.255. The smallest absolute Gasteiger partial charge is 0.0822 e. The van der Waals surface area contributed by atoms with Crippen molar-refractivity contribution in [3.63, 3.8) is 0 Å². The summed E-state index contributed by atoms with van der Waals surface area (Å²) in [6.45, 7) is 4.59. The van der Waals surface area contributed by atoms with Gasteiger partial charge in [-0.1, -0.05) is 56.3 Å². The molecule has 0 unspecified atom stereocenters. The first-order valence-corrected chi connectivity index (χ1v) is 9.67. The molecule has 6 rings (SSSR count). The molecule has 0 atom stereocenters. The fourth-order valence-corrected chi connectivity index (χ4v) is 4.82. The molecule has 3 aromatic carbocycles. The molecule has 0 radical (unpaired) electrons.